The Kier molecular flexibility index (Phi) is 6.91. The summed E-state index contributed by atoms with van der Waals surface area (Å²) in [5.41, 5.74) is 0. The van der Waals surface area contributed by atoms with Crippen molar-refractivity contribution in [2.45, 2.75) is 37.4 Å². The van der Waals surface area contributed by atoms with Crippen LogP contribution < -0.4 is 0 Å². The number of hydrogen-bond acceptors (Lipinski definition) is 9. The van der Waals surface area contributed by atoms with Crippen molar-refractivity contribution < 1.29 is 45.0 Å². The molecule has 0 aliphatic heterocycles. The molecule has 0 aliphatic rings. The summed E-state index contributed by atoms with van der Waals surface area (Å²) in [6.45, 7) is 0.107. The summed E-state index contributed by atoms with van der Waals surface area (Å²) in [6.07, 6.45) is -9.88. The quantitative estimate of drug-likeness (QED) is 0.207. The van der Waals surface area contributed by atoms with Gasteiger partial charge in [-0.2, -0.15) is 0 Å². The van der Waals surface area contributed by atoms with E-state index in [1.807, 2.05) is 0 Å². The summed E-state index contributed by atoms with van der Waals surface area (Å²) >= 11 is 0. The second kappa shape index (κ2) is 7.36. The molecule has 0 heterocycles. The van der Waals surface area contributed by atoms with Gasteiger partial charge in [0.15, 0.2) is 6.10 Å². The molecule has 6 N–H and O–H groups in total. The highest BCUT2D eigenvalue weighted by atomic mass is 16.6. The molecule has 0 spiro atoms. The van der Waals surface area contributed by atoms with E-state index < -0.39 is 49.1 Å². The number of carbonyl (C=O) groups excluding carboxylic acids is 2. The maximum atomic E-state index is 11.1. The molecule has 0 saturated carbocycles. The van der Waals surface area contributed by atoms with Crippen LogP contribution in [0.1, 0.15) is 6.92 Å². The van der Waals surface area contributed by atoms with Crippen molar-refractivity contribution in [1.29, 1.82) is 0 Å². The zero-order chi connectivity index (χ0) is 14.5. The Labute approximate surface area is 102 Å². The van der Waals surface area contributed by atoms with E-state index in [4.69, 9.17) is 15.3 Å². The van der Waals surface area contributed by atoms with E-state index in [2.05, 4.69) is 4.74 Å². The van der Waals surface area contributed by atoms with Gasteiger partial charge in [0.1, 0.15) is 24.4 Å². The van der Waals surface area contributed by atoms with E-state index in [-0.39, 0.29) is 0 Å². The molecule has 9 heteroatoms. The van der Waals surface area contributed by atoms with Gasteiger partial charge in [0.2, 0.25) is 0 Å². The van der Waals surface area contributed by atoms with Gasteiger partial charge < -0.3 is 35.4 Å². The lowest BCUT2D eigenvalue weighted by molar-refractivity contribution is -0.180. The number of hydrogen-bond donors (Lipinski definition) is 6. The van der Waals surface area contributed by atoms with Gasteiger partial charge in [0.05, 0.1) is 6.61 Å². The van der Waals surface area contributed by atoms with Gasteiger partial charge in [-0.1, -0.05) is 0 Å². The maximum absolute atomic E-state index is 11.1. The molecule has 0 bridgehead atoms. The minimum absolute atomic E-state index is 0.910. The molecule has 1 unspecified atom stereocenters. The van der Waals surface area contributed by atoms with Crippen molar-refractivity contribution in [3.8, 4) is 0 Å². The van der Waals surface area contributed by atoms with Crippen molar-refractivity contribution >= 4 is 11.9 Å². The average molecular weight is 268 g/mol. The Morgan fingerprint density at radius 2 is 1.50 bits per heavy atom. The second-order valence-electron chi connectivity index (χ2n) is 3.59. The topological polar surface area (TPSA) is 165 Å². The monoisotopic (exact) mass is 268 g/mol. The van der Waals surface area contributed by atoms with Crippen molar-refractivity contribution in [2.24, 2.45) is 0 Å². The first-order valence-corrected chi connectivity index (χ1v) is 4.99. The fraction of sp³-hybridized carbons (Fsp3) is 0.778. The number of aliphatic hydroxyl groups excluding tert-OH is 6. The number of carbonyl (C=O) groups is 2. The Hall–Kier alpha value is -1.10. The Balaban J connectivity index is 4.50. The molecule has 0 saturated heterocycles. The molecular weight excluding hydrogens is 252 g/mol. The van der Waals surface area contributed by atoms with E-state index in [1.54, 1.807) is 0 Å². The lowest BCUT2D eigenvalue weighted by Gasteiger charge is -2.24. The molecule has 0 radical (unpaired) electrons. The third kappa shape index (κ3) is 4.64. The summed E-state index contributed by atoms with van der Waals surface area (Å²) in [5, 5.41) is 53.9. The second-order valence-corrected chi connectivity index (χ2v) is 3.59. The first kappa shape index (κ1) is 16.9. The minimum atomic E-state index is -2.32. The fourth-order valence-electron chi connectivity index (χ4n) is 0.907. The number of esters is 2. The molecular formula is C9H16O9. The zero-order valence-corrected chi connectivity index (χ0v) is 9.50. The van der Waals surface area contributed by atoms with Crippen LogP contribution >= 0.6 is 0 Å². The molecule has 0 amide bonds. The van der Waals surface area contributed by atoms with Crippen LogP contribution in [0.25, 0.3) is 0 Å². The van der Waals surface area contributed by atoms with Gasteiger partial charge in [-0.25, -0.2) is 9.59 Å². The highest BCUT2D eigenvalue weighted by molar-refractivity contribution is 5.89. The van der Waals surface area contributed by atoms with E-state index >= 15 is 0 Å². The maximum Gasteiger partial charge on any atom is 0.345 e. The molecule has 0 aromatic heterocycles. The first-order chi connectivity index (χ1) is 8.22. The van der Waals surface area contributed by atoms with Gasteiger partial charge in [-0.15, -0.1) is 0 Å². The van der Waals surface area contributed by atoms with Crippen LogP contribution in [0.3, 0.4) is 0 Å². The molecule has 0 aliphatic carbocycles. The summed E-state index contributed by atoms with van der Waals surface area (Å²) in [4.78, 5) is 21.9. The summed E-state index contributed by atoms with van der Waals surface area (Å²) < 4.78 is 3.97. The van der Waals surface area contributed by atoms with E-state index in [1.165, 1.54) is 0 Å². The lowest BCUT2D eigenvalue weighted by Crippen LogP contribution is -2.49. The van der Waals surface area contributed by atoms with Crippen LogP contribution in [-0.2, 0) is 14.3 Å². The van der Waals surface area contributed by atoms with Crippen LogP contribution in [-0.4, -0.2) is 79.7 Å². The third-order valence-electron chi connectivity index (χ3n) is 2.04. The lowest BCUT2D eigenvalue weighted by atomic mass is 10.0. The van der Waals surface area contributed by atoms with Crippen LogP contribution in [0.5, 0.6) is 0 Å². The van der Waals surface area contributed by atoms with E-state index in [0.29, 0.717) is 0 Å². The standard InChI is InChI=1S/C9H16O9/c1-3(11)8(16)18-9(17)7(15)6(14)5(13)4(12)2-10/h3-7,10-15H,2H2,1H3/t3?,4-,5-,6+,7-/m1/s1. The average Bonchev–Trinajstić information content (AvgIpc) is 2.34. The number of rotatable bonds is 6. The Morgan fingerprint density at radius 3 is 1.89 bits per heavy atom. The van der Waals surface area contributed by atoms with Gasteiger partial charge in [-0.3, -0.25) is 0 Å². The highest BCUT2D eigenvalue weighted by Gasteiger charge is 2.36. The smallest absolute Gasteiger partial charge is 0.345 e. The van der Waals surface area contributed by atoms with Crippen molar-refractivity contribution in [3.05, 3.63) is 0 Å². The van der Waals surface area contributed by atoms with Gasteiger partial charge in [-0.05, 0) is 6.92 Å². The molecule has 5 atom stereocenters. The van der Waals surface area contributed by atoms with Crippen LogP contribution in [0, 0.1) is 0 Å². The van der Waals surface area contributed by atoms with Crippen molar-refractivity contribution in [3.63, 3.8) is 0 Å². The molecule has 0 aromatic rings. The summed E-state index contributed by atoms with van der Waals surface area (Å²) in [7, 11) is 0. The largest absolute Gasteiger partial charge is 0.394 e. The number of ether oxygens (including phenoxy) is 1. The SMILES string of the molecule is CC(O)C(=O)OC(=O)[C@H](O)[C@@H](O)[C@H](O)[C@H](O)CO. The minimum Gasteiger partial charge on any atom is -0.394 e. The van der Waals surface area contributed by atoms with Gasteiger partial charge in [0.25, 0.3) is 0 Å². The molecule has 9 nitrogen and oxygen atoms in total. The van der Waals surface area contributed by atoms with E-state index in [9.17, 15) is 24.9 Å². The summed E-state index contributed by atoms with van der Waals surface area (Å²) in [6, 6.07) is 0. The molecule has 0 fully saturated rings. The van der Waals surface area contributed by atoms with E-state index in [0.717, 1.165) is 6.92 Å². The van der Waals surface area contributed by atoms with Gasteiger partial charge in [0, 0.05) is 0 Å². The van der Waals surface area contributed by atoms with Gasteiger partial charge >= 0.3 is 11.9 Å². The van der Waals surface area contributed by atoms with Crippen molar-refractivity contribution in [1.82, 2.24) is 0 Å². The predicted octanol–water partition coefficient (Wildman–Crippen LogP) is -4.13. The van der Waals surface area contributed by atoms with Crippen molar-refractivity contribution in [2.75, 3.05) is 6.61 Å². The van der Waals surface area contributed by atoms with Crippen LogP contribution in [0.15, 0.2) is 0 Å². The third-order valence-corrected chi connectivity index (χ3v) is 2.04. The zero-order valence-electron chi connectivity index (χ0n) is 9.50. The molecule has 0 rings (SSSR count). The normalized spacial score (nSPS) is 19.5. The number of aliphatic hydroxyl groups is 6. The first-order valence-electron chi connectivity index (χ1n) is 4.99. The summed E-state index contributed by atoms with van der Waals surface area (Å²) in [5.74, 6) is -2.94. The van der Waals surface area contributed by atoms with Crippen LogP contribution in [0.4, 0.5) is 0 Å². The van der Waals surface area contributed by atoms with Crippen LogP contribution in [0.2, 0.25) is 0 Å². The molecule has 0 aromatic carbocycles. The Morgan fingerprint density at radius 1 is 1.00 bits per heavy atom. The molecule has 106 valence electrons. The molecule has 18 heavy (non-hydrogen) atoms. The predicted molar refractivity (Wildman–Crippen MR) is 53.9 cm³/mol. The highest BCUT2D eigenvalue weighted by Crippen LogP contribution is 2.07. The fourth-order valence-corrected chi connectivity index (χ4v) is 0.907. The Bertz CT molecular complexity index is 290.